The summed E-state index contributed by atoms with van der Waals surface area (Å²) in [6.45, 7) is 1.37. The fourth-order valence-corrected chi connectivity index (χ4v) is 5.12. The van der Waals surface area contributed by atoms with Crippen molar-refractivity contribution in [3.8, 4) is 0 Å². The zero-order valence-corrected chi connectivity index (χ0v) is 10.9. The topological polar surface area (TPSA) is 29.3 Å². The maximum Gasteiger partial charge on any atom is 0.0113 e. The van der Waals surface area contributed by atoms with Crippen LogP contribution in [-0.4, -0.2) is 41.1 Å². The highest BCUT2D eigenvalue weighted by molar-refractivity contribution is 7.99. The molecule has 0 amide bonds. The van der Waals surface area contributed by atoms with E-state index in [0.29, 0.717) is 6.04 Å². The molecule has 92 valence electrons. The van der Waals surface area contributed by atoms with E-state index in [4.69, 9.17) is 5.73 Å². The van der Waals surface area contributed by atoms with Crippen molar-refractivity contribution in [2.75, 3.05) is 18.1 Å². The van der Waals surface area contributed by atoms with Crippen LogP contribution in [0.25, 0.3) is 0 Å². The van der Waals surface area contributed by atoms with Crippen molar-refractivity contribution >= 4 is 11.8 Å². The molecule has 0 aromatic heterocycles. The lowest BCUT2D eigenvalue weighted by molar-refractivity contribution is 0.0212. The van der Waals surface area contributed by atoms with Crippen molar-refractivity contribution in [3.63, 3.8) is 0 Å². The molecule has 0 aromatic rings. The molecule has 0 saturated carbocycles. The van der Waals surface area contributed by atoms with Gasteiger partial charge >= 0.3 is 0 Å². The molecule has 0 radical (unpaired) electrons. The molecule has 3 aliphatic rings. The minimum absolute atomic E-state index is 0.490. The van der Waals surface area contributed by atoms with Crippen LogP contribution >= 0.6 is 11.8 Å². The van der Waals surface area contributed by atoms with E-state index >= 15 is 0 Å². The summed E-state index contributed by atoms with van der Waals surface area (Å²) >= 11 is 2.15. The maximum atomic E-state index is 6.16. The second-order valence-corrected chi connectivity index (χ2v) is 7.05. The molecular weight excluding hydrogens is 216 g/mol. The van der Waals surface area contributed by atoms with Crippen LogP contribution in [0.4, 0.5) is 0 Å². The van der Waals surface area contributed by atoms with E-state index in [2.05, 4.69) is 16.7 Å². The monoisotopic (exact) mass is 240 g/mol. The van der Waals surface area contributed by atoms with Crippen LogP contribution < -0.4 is 5.73 Å². The molecule has 0 aliphatic carbocycles. The smallest absolute Gasteiger partial charge is 0.0113 e. The summed E-state index contributed by atoms with van der Waals surface area (Å²) in [5.41, 5.74) is 6.16. The first-order valence-corrected chi connectivity index (χ1v) is 8.07. The number of hydrogen-bond acceptors (Lipinski definition) is 3. The molecule has 2 nitrogen and oxygen atoms in total. The van der Waals surface area contributed by atoms with Gasteiger partial charge in [0.1, 0.15) is 0 Å². The lowest BCUT2D eigenvalue weighted by Gasteiger charge is -2.49. The second-order valence-electron chi connectivity index (χ2n) is 5.90. The first kappa shape index (κ1) is 11.4. The standard InChI is InChI=1S/C13H24N2S/c14-11-6-12-2-1-3-13(7-11)15(12)8-10-4-5-16-9-10/h10-13H,1-9,14H2. The van der Waals surface area contributed by atoms with E-state index in [1.54, 1.807) is 0 Å². The van der Waals surface area contributed by atoms with Gasteiger partial charge < -0.3 is 5.73 Å². The van der Waals surface area contributed by atoms with Crippen LogP contribution in [0.5, 0.6) is 0 Å². The lowest BCUT2D eigenvalue weighted by atomic mass is 9.81. The maximum absolute atomic E-state index is 6.16. The van der Waals surface area contributed by atoms with Gasteiger partial charge in [0.2, 0.25) is 0 Å². The van der Waals surface area contributed by atoms with Crippen molar-refractivity contribution in [1.29, 1.82) is 0 Å². The van der Waals surface area contributed by atoms with Crippen LogP contribution in [0, 0.1) is 5.92 Å². The lowest BCUT2D eigenvalue weighted by Crippen LogP contribution is -2.56. The highest BCUT2D eigenvalue weighted by Crippen LogP contribution is 2.35. The van der Waals surface area contributed by atoms with Gasteiger partial charge in [-0.1, -0.05) is 6.42 Å². The van der Waals surface area contributed by atoms with E-state index in [9.17, 15) is 0 Å². The number of nitrogens with two attached hydrogens (primary N) is 1. The molecule has 2 N–H and O–H groups in total. The Kier molecular flexibility index (Phi) is 3.46. The van der Waals surface area contributed by atoms with Gasteiger partial charge in [-0.3, -0.25) is 4.90 Å². The number of rotatable bonds is 2. The zero-order valence-electron chi connectivity index (χ0n) is 10.1. The number of thioether (sulfide) groups is 1. The number of hydrogen-bond donors (Lipinski definition) is 1. The van der Waals surface area contributed by atoms with Gasteiger partial charge in [-0.05, 0) is 49.5 Å². The summed E-state index contributed by atoms with van der Waals surface area (Å²) in [6, 6.07) is 2.14. The largest absolute Gasteiger partial charge is 0.328 e. The molecule has 0 spiro atoms. The molecule has 3 rings (SSSR count). The third-order valence-electron chi connectivity index (χ3n) is 4.66. The molecule has 3 heteroatoms. The van der Waals surface area contributed by atoms with Gasteiger partial charge in [-0.25, -0.2) is 0 Å². The highest BCUT2D eigenvalue weighted by Gasteiger charge is 2.38. The Morgan fingerprint density at radius 2 is 1.88 bits per heavy atom. The summed E-state index contributed by atoms with van der Waals surface area (Å²) in [5.74, 6) is 3.78. The second kappa shape index (κ2) is 4.87. The number of piperidine rings is 2. The molecule has 3 saturated heterocycles. The normalized spacial score (nSPS) is 44.8. The first-order valence-electron chi connectivity index (χ1n) is 6.92. The van der Waals surface area contributed by atoms with E-state index in [0.717, 1.165) is 18.0 Å². The predicted molar refractivity (Wildman–Crippen MR) is 70.8 cm³/mol. The molecule has 16 heavy (non-hydrogen) atoms. The van der Waals surface area contributed by atoms with Crippen molar-refractivity contribution in [2.24, 2.45) is 11.7 Å². The molecule has 3 unspecified atom stereocenters. The minimum Gasteiger partial charge on any atom is -0.328 e. The zero-order chi connectivity index (χ0) is 11.0. The van der Waals surface area contributed by atoms with Gasteiger partial charge in [0.25, 0.3) is 0 Å². The molecule has 2 bridgehead atoms. The van der Waals surface area contributed by atoms with E-state index in [1.807, 2.05) is 0 Å². The highest BCUT2D eigenvalue weighted by atomic mass is 32.2. The number of nitrogens with zero attached hydrogens (tertiary/aromatic N) is 1. The van der Waals surface area contributed by atoms with Gasteiger partial charge in [0.05, 0.1) is 0 Å². The van der Waals surface area contributed by atoms with Crippen LogP contribution in [-0.2, 0) is 0 Å². The summed E-state index contributed by atoms with van der Waals surface area (Å²) < 4.78 is 0. The molecule has 3 fully saturated rings. The third kappa shape index (κ3) is 2.27. The quantitative estimate of drug-likeness (QED) is 0.801. The Morgan fingerprint density at radius 1 is 1.12 bits per heavy atom. The SMILES string of the molecule is NC1CC2CCCC(C1)N2CC1CCSC1. The molecular formula is C13H24N2S. The number of fused-ring (bicyclic) bond motifs is 2. The first-order chi connectivity index (χ1) is 7.83. The minimum atomic E-state index is 0.490. The van der Waals surface area contributed by atoms with Gasteiger partial charge in [0, 0.05) is 24.7 Å². The van der Waals surface area contributed by atoms with Crippen LogP contribution in [0.15, 0.2) is 0 Å². The van der Waals surface area contributed by atoms with Crippen molar-refractivity contribution < 1.29 is 0 Å². The summed E-state index contributed by atoms with van der Waals surface area (Å²) in [4.78, 5) is 2.84. The predicted octanol–water partition coefficient (Wildman–Crippen LogP) is 2.08. The van der Waals surface area contributed by atoms with Crippen molar-refractivity contribution in [1.82, 2.24) is 4.90 Å². The van der Waals surface area contributed by atoms with Crippen LogP contribution in [0.3, 0.4) is 0 Å². The Balaban J connectivity index is 1.64. The molecule has 0 aromatic carbocycles. The van der Waals surface area contributed by atoms with Crippen LogP contribution in [0.2, 0.25) is 0 Å². The average molecular weight is 240 g/mol. The fraction of sp³-hybridized carbons (Fsp3) is 1.00. The van der Waals surface area contributed by atoms with Crippen molar-refractivity contribution in [2.45, 2.75) is 56.7 Å². The summed E-state index contributed by atoms with van der Waals surface area (Å²) in [7, 11) is 0. The fourth-order valence-electron chi connectivity index (χ4n) is 3.84. The Morgan fingerprint density at radius 3 is 2.50 bits per heavy atom. The molecule has 3 aliphatic heterocycles. The Labute approximate surface area is 103 Å². The van der Waals surface area contributed by atoms with Crippen LogP contribution in [0.1, 0.15) is 38.5 Å². The van der Waals surface area contributed by atoms with Gasteiger partial charge in [-0.15, -0.1) is 0 Å². The Bertz CT molecular complexity index is 226. The van der Waals surface area contributed by atoms with E-state index in [1.165, 1.54) is 56.6 Å². The van der Waals surface area contributed by atoms with E-state index in [-0.39, 0.29) is 0 Å². The molecule has 3 atom stereocenters. The average Bonchev–Trinajstić information content (AvgIpc) is 2.72. The molecule has 3 heterocycles. The third-order valence-corrected chi connectivity index (χ3v) is 5.89. The summed E-state index contributed by atoms with van der Waals surface area (Å²) in [6.07, 6.45) is 8.23. The van der Waals surface area contributed by atoms with Gasteiger partial charge in [0.15, 0.2) is 0 Å². The van der Waals surface area contributed by atoms with E-state index < -0.39 is 0 Å². The summed E-state index contributed by atoms with van der Waals surface area (Å²) in [5, 5.41) is 0. The van der Waals surface area contributed by atoms with Crippen molar-refractivity contribution in [3.05, 3.63) is 0 Å². The van der Waals surface area contributed by atoms with Gasteiger partial charge in [-0.2, -0.15) is 11.8 Å². The Hall–Kier alpha value is 0.270.